The van der Waals surface area contributed by atoms with Crippen molar-refractivity contribution in [3.63, 3.8) is 0 Å². The Labute approximate surface area is 269 Å². The van der Waals surface area contributed by atoms with Crippen LogP contribution >= 0.6 is 11.8 Å². The predicted octanol–water partition coefficient (Wildman–Crippen LogP) is 7.25. The Morgan fingerprint density at radius 2 is 1.76 bits per heavy atom. The van der Waals surface area contributed by atoms with Crippen LogP contribution in [-0.2, 0) is 6.42 Å². The van der Waals surface area contributed by atoms with E-state index in [2.05, 4.69) is 45.2 Å². The molecule has 0 saturated carbocycles. The van der Waals surface area contributed by atoms with Gasteiger partial charge in [0.15, 0.2) is 11.0 Å². The van der Waals surface area contributed by atoms with Crippen LogP contribution in [0.1, 0.15) is 37.8 Å². The van der Waals surface area contributed by atoms with E-state index in [1.54, 1.807) is 7.11 Å². The summed E-state index contributed by atoms with van der Waals surface area (Å²) in [6, 6.07) is 17.9. The molecule has 1 heterocycles. The molecule has 0 saturated heterocycles. The quantitative estimate of drug-likeness (QED) is 0.107. The average molecular weight is 651 g/mol. The number of alkyl halides is 3. The van der Waals surface area contributed by atoms with Gasteiger partial charge in [-0.1, -0.05) is 61.9 Å². The first kappa shape index (κ1) is 33.9. The molecule has 2 amide bonds. The van der Waals surface area contributed by atoms with E-state index in [0.717, 1.165) is 16.7 Å². The van der Waals surface area contributed by atoms with Gasteiger partial charge in [0.1, 0.15) is 17.8 Å². The number of aliphatic imine (C=N–C) groups is 1. The molecule has 0 aliphatic heterocycles. The van der Waals surface area contributed by atoms with Crippen molar-refractivity contribution in [2.24, 2.45) is 4.99 Å². The van der Waals surface area contributed by atoms with Gasteiger partial charge in [0.05, 0.1) is 24.2 Å². The highest BCUT2D eigenvalue weighted by atomic mass is 32.2. The number of terminal acetylenes is 1. The third-order valence-corrected chi connectivity index (χ3v) is 7.33. The van der Waals surface area contributed by atoms with Crippen LogP contribution in [0.3, 0.4) is 0 Å². The molecular formula is C33H33F3N6O3S. The highest BCUT2D eigenvalue weighted by molar-refractivity contribution is 8.14. The Hall–Kier alpha value is -4.96. The number of benzene rings is 3. The van der Waals surface area contributed by atoms with E-state index < -0.39 is 12.4 Å². The van der Waals surface area contributed by atoms with Crippen LogP contribution in [0.2, 0.25) is 0 Å². The zero-order chi connectivity index (χ0) is 33.3. The largest absolute Gasteiger partial charge is 0.573 e. The number of carbonyl (C=O) groups excluding carboxylic acids is 1. The Bertz CT molecular complexity index is 1700. The first-order valence-electron chi connectivity index (χ1n) is 14.2. The van der Waals surface area contributed by atoms with Crippen LogP contribution in [0.4, 0.5) is 23.7 Å². The minimum absolute atomic E-state index is 0.206. The fourth-order valence-electron chi connectivity index (χ4n) is 4.42. The molecule has 4 aromatic rings. The maximum absolute atomic E-state index is 12.9. The molecule has 0 bridgehead atoms. The van der Waals surface area contributed by atoms with Crippen molar-refractivity contribution in [3.8, 4) is 40.9 Å². The second-order valence-electron chi connectivity index (χ2n) is 10.4. The van der Waals surface area contributed by atoms with Gasteiger partial charge in [0, 0.05) is 17.7 Å². The molecule has 2 N–H and O–H groups in total. The summed E-state index contributed by atoms with van der Waals surface area (Å²) in [5.41, 5.74) is 3.95. The van der Waals surface area contributed by atoms with Crippen molar-refractivity contribution in [2.75, 3.05) is 12.9 Å². The first-order valence-corrected chi connectivity index (χ1v) is 15.2. The number of carbonyl (C=O) groups is 1. The van der Waals surface area contributed by atoms with Gasteiger partial charge in [0.25, 0.3) is 0 Å². The van der Waals surface area contributed by atoms with E-state index >= 15 is 0 Å². The van der Waals surface area contributed by atoms with Gasteiger partial charge >= 0.3 is 12.4 Å². The van der Waals surface area contributed by atoms with Gasteiger partial charge in [-0.05, 0) is 60.7 Å². The molecule has 46 heavy (non-hydrogen) atoms. The summed E-state index contributed by atoms with van der Waals surface area (Å²) in [5.74, 6) is 3.88. The maximum Gasteiger partial charge on any atom is 0.573 e. The summed E-state index contributed by atoms with van der Waals surface area (Å²) in [5, 5.41) is 10.6. The normalized spacial score (nSPS) is 12.4. The van der Waals surface area contributed by atoms with E-state index in [4.69, 9.17) is 16.2 Å². The number of nitrogens with one attached hydrogen (secondary N) is 2. The van der Waals surface area contributed by atoms with Crippen LogP contribution in [0.25, 0.3) is 17.1 Å². The van der Waals surface area contributed by atoms with Crippen molar-refractivity contribution in [1.82, 2.24) is 25.4 Å². The third kappa shape index (κ3) is 9.77. The zero-order valence-corrected chi connectivity index (χ0v) is 26.4. The number of nitrogens with zero attached hydrogens (tertiary/aromatic N) is 4. The molecule has 1 aromatic heterocycles. The minimum Gasteiger partial charge on any atom is -0.497 e. The highest BCUT2D eigenvalue weighted by Gasteiger charge is 2.31. The zero-order valence-electron chi connectivity index (χ0n) is 25.6. The van der Waals surface area contributed by atoms with E-state index in [1.807, 2.05) is 49.4 Å². The molecule has 0 spiro atoms. The number of amides is 2. The Kier molecular flexibility index (Phi) is 11.3. The summed E-state index contributed by atoms with van der Waals surface area (Å²) >= 11 is 1.25. The molecule has 0 aliphatic carbocycles. The Morgan fingerprint density at radius 3 is 2.39 bits per heavy atom. The summed E-state index contributed by atoms with van der Waals surface area (Å²) in [6.45, 7) is 6.02. The van der Waals surface area contributed by atoms with Crippen LogP contribution in [0.15, 0.2) is 78.0 Å². The van der Waals surface area contributed by atoms with Crippen molar-refractivity contribution in [2.45, 2.75) is 45.5 Å². The van der Waals surface area contributed by atoms with Gasteiger partial charge in [-0.2, -0.15) is 0 Å². The number of aromatic nitrogens is 3. The molecule has 1 atom stereocenters. The molecule has 3 aromatic carbocycles. The number of hydrogen-bond donors (Lipinski definition) is 2. The first-order chi connectivity index (χ1) is 21.9. The SMILES string of the molecule is C#CCSC(=Nc1cc(OC)ccc1C(C)C)NC(=O)NC(C)Cc1ccc(-c2ncn(-c3ccc(OC(F)(F)F)cc3)n2)cc1. The molecule has 0 aliphatic rings. The fraction of sp³-hybridized carbons (Fsp3) is 0.273. The molecule has 4 rings (SSSR count). The molecule has 0 fully saturated rings. The van der Waals surface area contributed by atoms with E-state index in [-0.39, 0.29) is 17.7 Å². The lowest BCUT2D eigenvalue weighted by Gasteiger charge is -2.16. The Morgan fingerprint density at radius 1 is 1.07 bits per heavy atom. The number of rotatable bonds is 10. The maximum atomic E-state index is 12.9. The van der Waals surface area contributed by atoms with Crippen molar-refractivity contribution in [3.05, 3.63) is 84.2 Å². The smallest absolute Gasteiger partial charge is 0.497 e. The average Bonchev–Trinajstić information content (AvgIpc) is 3.50. The monoisotopic (exact) mass is 650 g/mol. The second kappa shape index (κ2) is 15.4. The van der Waals surface area contributed by atoms with E-state index in [9.17, 15) is 18.0 Å². The van der Waals surface area contributed by atoms with Crippen LogP contribution < -0.4 is 20.1 Å². The van der Waals surface area contributed by atoms with E-state index in [0.29, 0.717) is 40.3 Å². The molecule has 0 radical (unpaired) electrons. The van der Waals surface area contributed by atoms with Crippen LogP contribution in [0.5, 0.6) is 11.5 Å². The number of methoxy groups -OCH3 is 1. The van der Waals surface area contributed by atoms with Gasteiger partial charge < -0.3 is 14.8 Å². The van der Waals surface area contributed by atoms with Crippen LogP contribution in [-0.4, -0.2) is 51.2 Å². The van der Waals surface area contributed by atoms with Gasteiger partial charge in [0.2, 0.25) is 0 Å². The summed E-state index contributed by atoms with van der Waals surface area (Å²) < 4.78 is 48.0. The number of ether oxygens (including phenoxy) is 2. The molecular weight excluding hydrogens is 617 g/mol. The topological polar surface area (TPSA) is 103 Å². The standard InChI is InChI=1S/C33H33F3N6O3S/c1-6-17-46-32(39-29-19-27(44-5)15-16-28(29)21(2)3)40-31(43)38-22(4)18-23-7-9-24(10-8-23)30-37-20-42(41-30)25-11-13-26(14-12-25)45-33(34,35)36/h1,7-16,19-22H,17-18H2,2-5H3,(H2,38,39,40,43). The molecule has 13 heteroatoms. The lowest BCUT2D eigenvalue weighted by atomic mass is 10.0. The minimum atomic E-state index is -4.76. The lowest BCUT2D eigenvalue weighted by Crippen LogP contribution is -2.43. The summed E-state index contributed by atoms with van der Waals surface area (Å²) in [6.07, 6.45) is 2.74. The lowest BCUT2D eigenvalue weighted by molar-refractivity contribution is -0.274. The predicted molar refractivity (Wildman–Crippen MR) is 174 cm³/mol. The van der Waals surface area contributed by atoms with Crippen molar-refractivity contribution in [1.29, 1.82) is 0 Å². The number of urea groups is 1. The van der Waals surface area contributed by atoms with Crippen molar-refractivity contribution >= 4 is 28.6 Å². The molecule has 1 unspecified atom stereocenters. The number of thioether (sulfide) groups is 1. The Balaban J connectivity index is 1.37. The van der Waals surface area contributed by atoms with Gasteiger partial charge in [-0.25, -0.2) is 19.5 Å². The fourth-order valence-corrected chi connectivity index (χ4v) is 4.97. The summed E-state index contributed by atoms with van der Waals surface area (Å²) in [7, 11) is 1.59. The number of halogens is 3. The number of hydrogen-bond acceptors (Lipinski definition) is 7. The summed E-state index contributed by atoms with van der Waals surface area (Å²) in [4.78, 5) is 21.9. The van der Waals surface area contributed by atoms with Crippen molar-refractivity contribution < 1.29 is 27.4 Å². The third-order valence-electron chi connectivity index (χ3n) is 6.55. The van der Waals surface area contributed by atoms with Gasteiger partial charge in [-0.15, -0.1) is 24.7 Å². The molecule has 240 valence electrons. The van der Waals surface area contributed by atoms with Crippen LogP contribution in [0, 0.1) is 12.3 Å². The molecule has 9 nitrogen and oxygen atoms in total. The number of amidine groups is 1. The highest BCUT2D eigenvalue weighted by Crippen LogP contribution is 2.31. The second-order valence-corrected chi connectivity index (χ2v) is 11.4. The van der Waals surface area contributed by atoms with Gasteiger partial charge in [-0.3, -0.25) is 5.32 Å². The van der Waals surface area contributed by atoms with E-state index in [1.165, 1.54) is 47.0 Å².